The number of aliphatic hydroxyl groups excluding tert-OH is 1. The summed E-state index contributed by atoms with van der Waals surface area (Å²) in [6, 6.07) is 13.5. The lowest BCUT2D eigenvalue weighted by Crippen LogP contribution is -2.57. The molecule has 262 valence electrons. The number of nitrogens with one attached hydrogen (secondary N) is 1. The van der Waals surface area contributed by atoms with Gasteiger partial charge in [-0.3, -0.25) is 4.79 Å². The van der Waals surface area contributed by atoms with Gasteiger partial charge in [-0.25, -0.2) is 18.2 Å². The summed E-state index contributed by atoms with van der Waals surface area (Å²) in [5.41, 5.74) is 7.94. The molecule has 3 atom stereocenters. The van der Waals surface area contributed by atoms with Crippen LogP contribution < -0.4 is 11.1 Å². The number of benzene rings is 2. The van der Waals surface area contributed by atoms with Crippen LogP contribution in [0, 0.1) is 11.8 Å². The van der Waals surface area contributed by atoms with E-state index in [0.717, 1.165) is 16.3 Å². The van der Waals surface area contributed by atoms with Crippen LogP contribution in [0.3, 0.4) is 0 Å². The van der Waals surface area contributed by atoms with Gasteiger partial charge in [-0.15, -0.1) is 11.3 Å². The van der Waals surface area contributed by atoms with Gasteiger partial charge >= 0.3 is 6.03 Å². The Bertz CT molecular complexity index is 1610. The average Bonchev–Trinajstić information content (AvgIpc) is 3.64. The van der Waals surface area contributed by atoms with Crippen molar-refractivity contribution in [3.63, 3.8) is 0 Å². The Balaban J connectivity index is 1.55. The third kappa shape index (κ3) is 9.34. The molecule has 4 N–H and O–H groups in total. The van der Waals surface area contributed by atoms with E-state index < -0.39 is 34.1 Å². The second-order valence-electron chi connectivity index (χ2n) is 13.6. The second kappa shape index (κ2) is 16.3. The average molecular weight is 699 g/mol. The molecule has 48 heavy (non-hydrogen) atoms. The van der Waals surface area contributed by atoms with Gasteiger partial charge in [-0.1, -0.05) is 71.9 Å². The molecule has 3 amide bonds. The first-order chi connectivity index (χ1) is 22.7. The van der Waals surface area contributed by atoms with Crippen LogP contribution in [0.4, 0.5) is 10.5 Å². The predicted octanol–water partition coefficient (Wildman–Crippen LogP) is 4.55. The summed E-state index contributed by atoms with van der Waals surface area (Å²) < 4.78 is 28.8. The number of sulfonamides is 1. The summed E-state index contributed by atoms with van der Waals surface area (Å²) in [5, 5.41) is 17.7. The Hall–Kier alpha value is -3.52. The van der Waals surface area contributed by atoms with Gasteiger partial charge < -0.3 is 26.0 Å². The predicted molar refractivity (Wildman–Crippen MR) is 190 cm³/mol. The molecule has 0 radical (unpaired) electrons. The summed E-state index contributed by atoms with van der Waals surface area (Å²) in [4.78, 5) is 35.8. The molecule has 2 aromatic carbocycles. The number of rotatable bonds is 16. The summed E-state index contributed by atoms with van der Waals surface area (Å²) in [6.45, 7) is 12.9. The maximum Gasteiger partial charge on any atom is 0.321 e. The number of aliphatic hydroxyl groups is 1. The fraction of sp³-hybridized carbons (Fsp3) is 0.514. The third-order valence-electron chi connectivity index (χ3n) is 8.35. The Morgan fingerprint density at radius 3 is 2.27 bits per heavy atom. The molecule has 13 heteroatoms. The Kier molecular flexibility index (Phi) is 12.6. The van der Waals surface area contributed by atoms with E-state index in [2.05, 4.69) is 24.1 Å². The standard InChI is InChI=1S/C35H50N6O5S2/c1-23(2)19-40(48(45,46)29-14-12-27(36)13-15-29)21-31(42)30(18-26-10-8-7-9-11-26)38-33(43)32(24(3)4)41-17-16-39(35(41)44)20-28-22-47-34(37-28)25(5)6/h7-15,22-25,30-32,42H,16-21,36H2,1-6H3,(H,38,43)/t30-,31-,32-/m0/s1. The van der Waals surface area contributed by atoms with Gasteiger partial charge in [0.25, 0.3) is 0 Å². The smallest absolute Gasteiger partial charge is 0.321 e. The van der Waals surface area contributed by atoms with Gasteiger partial charge in [-0.2, -0.15) is 4.31 Å². The lowest BCUT2D eigenvalue weighted by atomic mass is 9.97. The van der Waals surface area contributed by atoms with Crippen LogP contribution >= 0.6 is 11.3 Å². The van der Waals surface area contributed by atoms with Gasteiger partial charge in [0.15, 0.2) is 0 Å². The van der Waals surface area contributed by atoms with E-state index in [1.165, 1.54) is 28.6 Å². The highest BCUT2D eigenvalue weighted by Crippen LogP contribution is 2.25. The maximum absolute atomic E-state index is 14.1. The maximum atomic E-state index is 14.1. The number of amides is 3. The normalized spacial score (nSPS) is 15.9. The highest BCUT2D eigenvalue weighted by Gasteiger charge is 2.40. The third-order valence-corrected chi connectivity index (χ3v) is 11.4. The van der Waals surface area contributed by atoms with Crippen LogP contribution in [-0.2, 0) is 27.8 Å². The summed E-state index contributed by atoms with van der Waals surface area (Å²) in [6.07, 6.45) is -0.993. The molecule has 0 saturated carbocycles. The molecule has 1 aromatic heterocycles. The van der Waals surface area contributed by atoms with Gasteiger partial charge in [0.05, 0.1) is 34.3 Å². The van der Waals surface area contributed by atoms with E-state index in [4.69, 9.17) is 5.73 Å². The van der Waals surface area contributed by atoms with Gasteiger partial charge in [-0.05, 0) is 48.1 Å². The molecule has 0 bridgehead atoms. The largest absolute Gasteiger partial charge is 0.399 e. The SMILES string of the molecule is CC(C)CN(C[C@H](O)[C@H](Cc1ccccc1)NC(=O)[C@H](C(C)C)N1CCN(Cc2csc(C(C)C)n2)C1=O)S(=O)(=O)c1ccc(N)cc1. The fourth-order valence-electron chi connectivity index (χ4n) is 5.89. The van der Waals surface area contributed by atoms with Crippen LogP contribution in [0.15, 0.2) is 64.9 Å². The van der Waals surface area contributed by atoms with Crippen LogP contribution in [0.2, 0.25) is 0 Å². The lowest BCUT2D eigenvalue weighted by Gasteiger charge is -2.34. The fourth-order valence-corrected chi connectivity index (χ4v) is 8.34. The number of hydrogen-bond donors (Lipinski definition) is 3. The van der Waals surface area contributed by atoms with E-state index in [1.807, 2.05) is 63.4 Å². The second-order valence-corrected chi connectivity index (χ2v) is 16.4. The topological polar surface area (TPSA) is 149 Å². The molecular formula is C35H50N6O5S2. The summed E-state index contributed by atoms with van der Waals surface area (Å²) in [7, 11) is -3.99. The molecule has 1 aliphatic heterocycles. The van der Waals surface area contributed by atoms with Crippen molar-refractivity contribution in [2.45, 2.75) is 83.5 Å². The monoisotopic (exact) mass is 698 g/mol. The first-order valence-corrected chi connectivity index (χ1v) is 18.9. The lowest BCUT2D eigenvalue weighted by molar-refractivity contribution is -0.128. The summed E-state index contributed by atoms with van der Waals surface area (Å²) >= 11 is 1.58. The Labute approximate surface area is 289 Å². The molecule has 0 aliphatic carbocycles. The van der Waals surface area contributed by atoms with Crippen molar-refractivity contribution in [3.05, 3.63) is 76.2 Å². The number of nitrogens with zero attached hydrogens (tertiary/aromatic N) is 4. The first kappa shape index (κ1) is 37.3. The number of carbonyl (C=O) groups excluding carboxylic acids is 2. The molecule has 0 spiro atoms. The molecule has 11 nitrogen and oxygen atoms in total. The van der Waals surface area contributed by atoms with Crippen LogP contribution in [0.25, 0.3) is 0 Å². The minimum absolute atomic E-state index is 0.0291. The number of aromatic nitrogens is 1. The van der Waals surface area contributed by atoms with E-state index in [-0.39, 0.29) is 42.3 Å². The molecule has 4 rings (SSSR count). The zero-order chi connectivity index (χ0) is 35.2. The molecule has 1 aliphatic rings. The Morgan fingerprint density at radius 1 is 1.02 bits per heavy atom. The van der Waals surface area contributed by atoms with Crippen LogP contribution in [0.1, 0.15) is 63.7 Å². The van der Waals surface area contributed by atoms with Crippen molar-refractivity contribution < 1.29 is 23.1 Å². The number of carbonyl (C=O) groups is 2. The van der Waals surface area contributed by atoms with Crippen molar-refractivity contribution in [2.75, 3.05) is 31.9 Å². The van der Waals surface area contributed by atoms with Crippen molar-refractivity contribution >= 4 is 39.0 Å². The highest BCUT2D eigenvalue weighted by molar-refractivity contribution is 7.89. The molecular weight excluding hydrogens is 649 g/mol. The van der Waals surface area contributed by atoms with Crippen molar-refractivity contribution in [2.24, 2.45) is 11.8 Å². The van der Waals surface area contributed by atoms with Crippen LogP contribution in [-0.4, -0.2) is 88.9 Å². The van der Waals surface area contributed by atoms with E-state index in [1.54, 1.807) is 21.1 Å². The van der Waals surface area contributed by atoms with Gasteiger partial charge in [0, 0.05) is 43.2 Å². The zero-order valence-electron chi connectivity index (χ0n) is 28.7. The minimum atomic E-state index is -3.99. The molecule has 0 unspecified atom stereocenters. The number of hydrogen-bond acceptors (Lipinski definition) is 8. The minimum Gasteiger partial charge on any atom is -0.399 e. The molecule has 3 aromatic rings. The summed E-state index contributed by atoms with van der Waals surface area (Å²) in [5.74, 6) is -0.345. The number of urea groups is 1. The van der Waals surface area contributed by atoms with Crippen molar-refractivity contribution in [3.8, 4) is 0 Å². The number of anilines is 1. The quantitative estimate of drug-likeness (QED) is 0.186. The van der Waals surface area contributed by atoms with Gasteiger partial charge in [0.2, 0.25) is 15.9 Å². The van der Waals surface area contributed by atoms with E-state index in [0.29, 0.717) is 31.2 Å². The highest BCUT2D eigenvalue weighted by atomic mass is 32.2. The first-order valence-electron chi connectivity index (χ1n) is 16.5. The molecule has 1 fully saturated rings. The molecule has 2 heterocycles. The van der Waals surface area contributed by atoms with Gasteiger partial charge in [0.1, 0.15) is 6.04 Å². The van der Waals surface area contributed by atoms with Crippen molar-refractivity contribution in [1.82, 2.24) is 24.4 Å². The number of thiazole rings is 1. The number of nitrogen functional groups attached to an aromatic ring is 1. The van der Waals surface area contributed by atoms with Crippen LogP contribution in [0.5, 0.6) is 0 Å². The van der Waals surface area contributed by atoms with Crippen molar-refractivity contribution in [1.29, 1.82) is 0 Å². The number of nitrogens with two attached hydrogens (primary N) is 1. The van der Waals surface area contributed by atoms with E-state index in [9.17, 15) is 23.1 Å². The Morgan fingerprint density at radius 2 is 1.69 bits per heavy atom. The zero-order valence-corrected chi connectivity index (χ0v) is 30.4. The van der Waals surface area contributed by atoms with E-state index >= 15 is 0 Å². The molecule has 1 saturated heterocycles.